The van der Waals surface area contributed by atoms with E-state index in [4.69, 9.17) is 23.7 Å². The van der Waals surface area contributed by atoms with Crippen molar-refractivity contribution in [2.45, 2.75) is 43.7 Å². The fraction of sp³-hybridized carbons (Fsp3) is 0.279. The van der Waals surface area contributed by atoms with Gasteiger partial charge in [-0.05, 0) is 66.1 Å². The van der Waals surface area contributed by atoms with Crippen molar-refractivity contribution in [3.8, 4) is 23.3 Å². The maximum absolute atomic E-state index is 13.0. The predicted octanol–water partition coefficient (Wildman–Crippen LogP) is 5.29. The van der Waals surface area contributed by atoms with Crippen LogP contribution in [-0.4, -0.2) is 68.6 Å². The van der Waals surface area contributed by atoms with Crippen molar-refractivity contribution in [3.63, 3.8) is 0 Å². The average Bonchev–Trinajstić information content (AvgIpc) is 3.56. The molecule has 4 aromatic carbocycles. The molecule has 272 valence electrons. The largest absolute Gasteiger partial charge is 0.497 e. The van der Waals surface area contributed by atoms with E-state index in [0.29, 0.717) is 17.1 Å². The number of aliphatic hydroxyl groups excluding tert-OH is 1. The Labute approximate surface area is 308 Å². The number of nitrogens with one attached hydrogen (secondary N) is 1. The van der Waals surface area contributed by atoms with Gasteiger partial charge in [-0.25, -0.2) is 4.79 Å². The number of ether oxygens (including phenoxy) is 5. The summed E-state index contributed by atoms with van der Waals surface area (Å²) in [6, 6.07) is 32.0. The highest BCUT2D eigenvalue weighted by atomic mass is 16.6. The number of imide groups is 1. The third-order valence-electron chi connectivity index (χ3n) is 9.39. The summed E-state index contributed by atoms with van der Waals surface area (Å²) in [4.78, 5) is 38.0. The summed E-state index contributed by atoms with van der Waals surface area (Å²) < 4.78 is 29.4. The number of methoxy groups -OCH3 is 2. The quantitative estimate of drug-likeness (QED) is 0.0661. The molecule has 2 heterocycles. The van der Waals surface area contributed by atoms with Crippen molar-refractivity contribution < 1.29 is 43.2 Å². The lowest BCUT2D eigenvalue weighted by atomic mass is 9.80. The van der Waals surface area contributed by atoms with Crippen LogP contribution in [0.2, 0.25) is 0 Å². The molecule has 1 fully saturated rings. The number of hydrogen-bond acceptors (Lipinski definition) is 9. The van der Waals surface area contributed by atoms with E-state index in [1.54, 1.807) is 26.4 Å². The van der Waals surface area contributed by atoms with Crippen LogP contribution in [0.25, 0.3) is 0 Å². The Bertz CT molecular complexity index is 1950. The molecule has 2 aliphatic heterocycles. The van der Waals surface area contributed by atoms with Crippen molar-refractivity contribution in [3.05, 3.63) is 143 Å². The summed E-state index contributed by atoms with van der Waals surface area (Å²) in [5.74, 6) is 4.52. The standard InChI is InChI=1S/C43H41NO9/c1-28-12-14-29(15-13-28)42(48)51-24-8-7-9-30-25-36(41(47)44-40(30)46)38-26-37(45)39(53-38)27-52-43(31-10-5-4-6-11-31,32-16-20-34(49-2)21-17-32)33-18-22-35(50-3)23-19-33/h4-6,10-23,25,36-39,45H,8,24,26-27H2,1-3H3,(H,44,46,47). The molecule has 0 saturated carbocycles. The second-order valence-corrected chi connectivity index (χ2v) is 12.8. The van der Waals surface area contributed by atoms with Crippen LogP contribution in [0.1, 0.15) is 45.5 Å². The van der Waals surface area contributed by atoms with Crippen LogP contribution in [0.5, 0.6) is 11.5 Å². The third-order valence-corrected chi connectivity index (χ3v) is 9.39. The topological polar surface area (TPSA) is 130 Å². The Balaban J connectivity index is 1.19. The highest BCUT2D eigenvalue weighted by Gasteiger charge is 2.45. The van der Waals surface area contributed by atoms with E-state index in [9.17, 15) is 19.5 Å². The SMILES string of the molecule is COc1ccc(C(OCC2OC(C3C=C(C#CCCOC(=O)c4ccc(C)cc4)C(=O)NC3=O)CC2O)(c2ccccc2)c2ccc(OC)cc2)cc1. The van der Waals surface area contributed by atoms with Gasteiger partial charge >= 0.3 is 5.97 Å². The molecular weight excluding hydrogens is 674 g/mol. The zero-order valence-corrected chi connectivity index (χ0v) is 29.7. The molecule has 4 aromatic rings. The highest BCUT2D eigenvalue weighted by molar-refractivity contribution is 6.11. The summed E-state index contributed by atoms with van der Waals surface area (Å²) in [5, 5.41) is 13.6. The molecular formula is C43H41NO9. The average molecular weight is 716 g/mol. The van der Waals surface area contributed by atoms with E-state index in [0.717, 1.165) is 22.3 Å². The number of carbonyl (C=O) groups excluding carboxylic acids is 3. The number of amides is 2. The number of carbonyl (C=O) groups is 3. The van der Waals surface area contributed by atoms with Crippen molar-refractivity contribution in [1.29, 1.82) is 0 Å². The van der Waals surface area contributed by atoms with E-state index in [1.807, 2.05) is 97.9 Å². The number of hydrogen-bond donors (Lipinski definition) is 2. The third kappa shape index (κ3) is 8.34. The van der Waals surface area contributed by atoms with Crippen molar-refractivity contribution in [1.82, 2.24) is 5.32 Å². The lowest BCUT2D eigenvalue weighted by Gasteiger charge is -2.37. The molecule has 0 radical (unpaired) electrons. The van der Waals surface area contributed by atoms with Crippen LogP contribution in [0.4, 0.5) is 0 Å². The van der Waals surface area contributed by atoms with Gasteiger partial charge in [0.05, 0.1) is 50.1 Å². The van der Waals surface area contributed by atoms with Gasteiger partial charge in [-0.3, -0.25) is 14.9 Å². The van der Waals surface area contributed by atoms with E-state index >= 15 is 0 Å². The molecule has 53 heavy (non-hydrogen) atoms. The smallest absolute Gasteiger partial charge is 0.338 e. The number of esters is 1. The number of rotatable bonds is 12. The second-order valence-electron chi connectivity index (χ2n) is 12.8. The van der Waals surface area contributed by atoms with Gasteiger partial charge in [0.2, 0.25) is 5.91 Å². The molecule has 2 N–H and O–H groups in total. The first-order chi connectivity index (χ1) is 25.7. The normalized spacial score (nSPS) is 19.7. The number of aryl methyl sites for hydroxylation is 1. The van der Waals surface area contributed by atoms with Crippen LogP contribution in [0.3, 0.4) is 0 Å². The summed E-state index contributed by atoms with van der Waals surface area (Å²) in [5.41, 5.74) is 2.92. The lowest BCUT2D eigenvalue weighted by molar-refractivity contribution is -0.135. The molecule has 0 aromatic heterocycles. The van der Waals surface area contributed by atoms with Gasteiger partial charge < -0.3 is 28.8 Å². The Morgan fingerprint density at radius 3 is 2.08 bits per heavy atom. The molecule has 10 heteroatoms. The summed E-state index contributed by atoms with van der Waals surface area (Å²) in [7, 11) is 3.21. The lowest BCUT2D eigenvalue weighted by Crippen LogP contribution is -2.44. The van der Waals surface area contributed by atoms with E-state index in [-0.39, 0.29) is 31.6 Å². The summed E-state index contributed by atoms with van der Waals surface area (Å²) in [6.45, 7) is 1.93. The highest BCUT2D eigenvalue weighted by Crippen LogP contribution is 2.42. The Hall–Kier alpha value is -5.73. The fourth-order valence-corrected chi connectivity index (χ4v) is 6.52. The number of benzene rings is 4. The molecule has 6 rings (SSSR count). The maximum Gasteiger partial charge on any atom is 0.338 e. The fourth-order valence-electron chi connectivity index (χ4n) is 6.52. The van der Waals surface area contributed by atoms with Crippen molar-refractivity contribution in [2.75, 3.05) is 27.4 Å². The molecule has 0 aliphatic carbocycles. The Morgan fingerprint density at radius 2 is 1.47 bits per heavy atom. The first kappa shape index (κ1) is 37.0. The Kier molecular flexibility index (Phi) is 11.7. The first-order valence-electron chi connectivity index (χ1n) is 17.3. The minimum Gasteiger partial charge on any atom is -0.497 e. The minimum absolute atomic E-state index is 0.0322. The van der Waals surface area contributed by atoms with Crippen LogP contribution >= 0.6 is 0 Å². The monoisotopic (exact) mass is 715 g/mol. The molecule has 1 saturated heterocycles. The van der Waals surface area contributed by atoms with Crippen LogP contribution in [0, 0.1) is 24.7 Å². The number of aliphatic hydroxyl groups is 1. The molecule has 0 bridgehead atoms. The van der Waals surface area contributed by atoms with Gasteiger partial charge in [0.25, 0.3) is 5.91 Å². The van der Waals surface area contributed by atoms with Gasteiger partial charge in [0.15, 0.2) is 0 Å². The van der Waals surface area contributed by atoms with Crippen LogP contribution in [0.15, 0.2) is 115 Å². The Morgan fingerprint density at radius 1 is 0.868 bits per heavy atom. The summed E-state index contributed by atoms with van der Waals surface area (Å²) >= 11 is 0. The summed E-state index contributed by atoms with van der Waals surface area (Å²) in [6.07, 6.45) is -0.698. The van der Waals surface area contributed by atoms with Gasteiger partial charge in [-0.2, -0.15) is 0 Å². The van der Waals surface area contributed by atoms with Gasteiger partial charge in [0.1, 0.15) is 29.8 Å². The van der Waals surface area contributed by atoms with Crippen LogP contribution < -0.4 is 14.8 Å². The predicted molar refractivity (Wildman–Crippen MR) is 196 cm³/mol. The molecule has 10 nitrogen and oxygen atoms in total. The van der Waals surface area contributed by atoms with E-state index in [1.165, 1.54) is 6.08 Å². The van der Waals surface area contributed by atoms with Crippen LogP contribution in [-0.2, 0) is 29.4 Å². The molecule has 4 unspecified atom stereocenters. The van der Waals surface area contributed by atoms with Crippen molar-refractivity contribution >= 4 is 17.8 Å². The zero-order valence-electron chi connectivity index (χ0n) is 29.7. The van der Waals surface area contributed by atoms with Gasteiger partial charge in [-0.15, -0.1) is 0 Å². The zero-order chi connectivity index (χ0) is 37.4. The van der Waals surface area contributed by atoms with Crippen molar-refractivity contribution in [2.24, 2.45) is 5.92 Å². The van der Waals surface area contributed by atoms with E-state index in [2.05, 4.69) is 17.2 Å². The second kappa shape index (κ2) is 16.7. The minimum atomic E-state index is -1.13. The molecule has 4 atom stereocenters. The van der Waals surface area contributed by atoms with Gasteiger partial charge in [0, 0.05) is 12.8 Å². The molecule has 0 spiro atoms. The van der Waals surface area contributed by atoms with E-state index < -0.39 is 47.6 Å². The maximum atomic E-state index is 13.0. The first-order valence-corrected chi connectivity index (χ1v) is 17.3. The van der Waals surface area contributed by atoms with Gasteiger partial charge in [-0.1, -0.05) is 84.1 Å². The molecule has 2 aliphatic rings. The molecule has 2 amide bonds.